The molecule has 0 atom stereocenters. The van der Waals surface area contributed by atoms with Gasteiger partial charge in [-0.2, -0.15) is 0 Å². The van der Waals surface area contributed by atoms with E-state index in [4.69, 9.17) is 0 Å². The van der Waals surface area contributed by atoms with E-state index in [0.29, 0.717) is 12.8 Å². The number of unbranched alkanes of at least 4 members (excludes halogenated alkanes) is 10. The maximum absolute atomic E-state index is 11.5. The summed E-state index contributed by atoms with van der Waals surface area (Å²) in [6.07, 6.45) is 12.2. The number of hydrogen-bond donors (Lipinski definition) is 0. The summed E-state index contributed by atoms with van der Waals surface area (Å²) in [5, 5.41) is 22.9. The van der Waals surface area contributed by atoms with Crippen molar-refractivity contribution in [2.45, 2.75) is 104 Å². The zero-order valence-electron chi connectivity index (χ0n) is 17.0. The van der Waals surface area contributed by atoms with Gasteiger partial charge in [0.05, 0.1) is 11.9 Å². The van der Waals surface area contributed by atoms with E-state index in [9.17, 15) is 19.8 Å². The Labute approximate surface area is 219 Å². The van der Waals surface area contributed by atoms with Gasteiger partial charge >= 0.3 is 80.9 Å². The number of carboxylic acids is 2. The quantitative estimate of drug-likeness (QED) is 0.160. The second kappa shape index (κ2) is 20.3. The van der Waals surface area contributed by atoms with E-state index < -0.39 is 17.4 Å². The Morgan fingerprint density at radius 2 is 0.920 bits per heavy atom. The molecular weight excluding hydrogens is 354 g/mol. The van der Waals surface area contributed by atoms with Crippen molar-refractivity contribution in [3.05, 3.63) is 0 Å². The van der Waals surface area contributed by atoms with Crippen molar-refractivity contribution in [3.8, 4) is 0 Å². The molecule has 6 heteroatoms. The van der Waals surface area contributed by atoms with Crippen molar-refractivity contribution in [2.75, 3.05) is 0 Å². The van der Waals surface area contributed by atoms with Crippen LogP contribution in [0, 0.1) is 5.41 Å². The number of carbonyl (C=O) groups is 2. The molecule has 0 aliphatic carbocycles. The fourth-order valence-corrected chi connectivity index (χ4v) is 3.03. The Bertz CT molecular complexity index is 305. The fraction of sp³-hybridized carbons (Fsp3) is 0.895. The second-order valence-corrected chi connectivity index (χ2v) is 6.69. The van der Waals surface area contributed by atoms with Gasteiger partial charge in [-0.15, -0.1) is 0 Å². The van der Waals surface area contributed by atoms with E-state index in [1.807, 2.05) is 0 Å². The molecule has 0 spiro atoms. The maximum Gasteiger partial charge on any atom is 1.00 e. The molecule has 0 heterocycles. The first-order valence-electron chi connectivity index (χ1n) is 9.44. The number of carboxylic acid groups (broad SMARTS) is 2. The first-order valence-corrected chi connectivity index (χ1v) is 9.44. The van der Waals surface area contributed by atoms with Crippen molar-refractivity contribution < 1.29 is 101 Å². The van der Waals surface area contributed by atoms with Crippen LogP contribution in [0.1, 0.15) is 104 Å². The SMILES string of the molecule is CCCCCCCCC(CCCCCCCC)(C(=O)[O-])C(=O)[O-].[K+].[Na+]. The van der Waals surface area contributed by atoms with Crippen LogP contribution >= 0.6 is 0 Å². The molecule has 0 aromatic rings. The third kappa shape index (κ3) is 14.3. The number of rotatable bonds is 16. The molecule has 0 amide bonds. The Hall–Kier alpha value is 1.58. The first-order chi connectivity index (χ1) is 11.0. The largest absolute Gasteiger partial charge is 1.00 e. The molecule has 0 aromatic carbocycles. The van der Waals surface area contributed by atoms with Gasteiger partial charge in [-0.3, -0.25) is 0 Å². The van der Waals surface area contributed by atoms with Crippen molar-refractivity contribution >= 4 is 11.9 Å². The van der Waals surface area contributed by atoms with Crippen LogP contribution in [0.2, 0.25) is 0 Å². The molecular formula is C19H34KNaO4. The average Bonchev–Trinajstić information content (AvgIpc) is 2.51. The summed E-state index contributed by atoms with van der Waals surface area (Å²) in [4.78, 5) is 22.9. The van der Waals surface area contributed by atoms with E-state index in [1.165, 1.54) is 12.8 Å². The summed E-state index contributed by atoms with van der Waals surface area (Å²) in [5.41, 5.74) is -1.80. The zero-order chi connectivity index (χ0) is 17.6. The Morgan fingerprint density at radius 3 is 1.20 bits per heavy atom. The average molecular weight is 389 g/mol. The normalized spacial score (nSPS) is 10.6. The molecule has 0 unspecified atom stereocenters. The van der Waals surface area contributed by atoms with E-state index in [0.717, 1.165) is 51.4 Å². The predicted octanol–water partition coefficient (Wildman–Crippen LogP) is -3.02. The second-order valence-electron chi connectivity index (χ2n) is 6.69. The monoisotopic (exact) mass is 388 g/mol. The summed E-state index contributed by atoms with van der Waals surface area (Å²) in [7, 11) is 0. The van der Waals surface area contributed by atoms with Crippen LogP contribution in [-0.2, 0) is 9.59 Å². The van der Waals surface area contributed by atoms with Crippen molar-refractivity contribution in [2.24, 2.45) is 5.41 Å². The minimum Gasteiger partial charge on any atom is -0.549 e. The zero-order valence-corrected chi connectivity index (χ0v) is 22.2. The Balaban J connectivity index is -0.00000242. The summed E-state index contributed by atoms with van der Waals surface area (Å²) >= 11 is 0. The summed E-state index contributed by atoms with van der Waals surface area (Å²) in [5.74, 6) is -2.95. The first kappa shape index (κ1) is 31.3. The van der Waals surface area contributed by atoms with E-state index >= 15 is 0 Å². The van der Waals surface area contributed by atoms with Gasteiger partial charge in [0.15, 0.2) is 0 Å². The van der Waals surface area contributed by atoms with E-state index in [2.05, 4.69) is 13.8 Å². The molecule has 25 heavy (non-hydrogen) atoms. The third-order valence-corrected chi connectivity index (χ3v) is 4.70. The third-order valence-electron chi connectivity index (χ3n) is 4.70. The molecule has 0 radical (unpaired) electrons. The number of aliphatic carboxylic acids is 2. The van der Waals surface area contributed by atoms with Crippen molar-refractivity contribution in [1.82, 2.24) is 0 Å². The van der Waals surface area contributed by atoms with Crippen LogP contribution in [0.4, 0.5) is 0 Å². The molecule has 0 N–H and O–H groups in total. The molecule has 0 aromatic heterocycles. The van der Waals surface area contributed by atoms with Crippen LogP contribution in [-0.4, -0.2) is 11.9 Å². The van der Waals surface area contributed by atoms with Gasteiger partial charge in [0.1, 0.15) is 0 Å². The predicted molar refractivity (Wildman–Crippen MR) is 88.4 cm³/mol. The molecule has 0 aliphatic rings. The van der Waals surface area contributed by atoms with Crippen molar-refractivity contribution in [3.63, 3.8) is 0 Å². The molecule has 0 saturated carbocycles. The minimum absolute atomic E-state index is 0. The van der Waals surface area contributed by atoms with E-state index in [1.54, 1.807) is 0 Å². The van der Waals surface area contributed by atoms with Crippen LogP contribution in [0.25, 0.3) is 0 Å². The van der Waals surface area contributed by atoms with Gasteiger partial charge in [-0.05, 0) is 12.8 Å². The molecule has 0 fully saturated rings. The summed E-state index contributed by atoms with van der Waals surface area (Å²) < 4.78 is 0. The number of hydrogen-bond acceptors (Lipinski definition) is 4. The molecule has 136 valence electrons. The van der Waals surface area contributed by atoms with Gasteiger partial charge in [-0.25, -0.2) is 0 Å². The van der Waals surface area contributed by atoms with Crippen molar-refractivity contribution in [1.29, 1.82) is 0 Å². The topological polar surface area (TPSA) is 80.3 Å². The van der Waals surface area contributed by atoms with Gasteiger partial charge < -0.3 is 19.8 Å². The molecule has 0 aliphatic heterocycles. The molecule has 0 bridgehead atoms. The molecule has 0 saturated heterocycles. The maximum atomic E-state index is 11.5. The number of carbonyl (C=O) groups excluding carboxylic acids is 2. The van der Waals surface area contributed by atoms with Gasteiger partial charge in [0, 0.05) is 5.41 Å². The van der Waals surface area contributed by atoms with Crippen LogP contribution in [0.3, 0.4) is 0 Å². The summed E-state index contributed by atoms with van der Waals surface area (Å²) in [6, 6.07) is 0. The van der Waals surface area contributed by atoms with Crippen LogP contribution in [0.15, 0.2) is 0 Å². The van der Waals surface area contributed by atoms with Crippen LogP contribution in [0.5, 0.6) is 0 Å². The standard InChI is InChI=1S/C19H36O4.K.Na/c1-3-5-7-9-11-13-15-19(17(20)21,18(22)23)16-14-12-10-8-6-4-2;;/h3-16H2,1-2H3,(H,20,21)(H,22,23);;/q;2*+1/p-2. The Kier molecular flexibility index (Phi) is 25.4. The van der Waals surface area contributed by atoms with Crippen LogP contribution < -0.4 is 91.2 Å². The minimum atomic E-state index is -1.80. The van der Waals surface area contributed by atoms with Gasteiger partial charge in [0.2, 0.25) is 0 Å². The summed E-state index contributed by atoms with van der Waals surface area (Å²) in [6.45, 7) is 4.27. The smallest absolute Gasteiger partial charge is 0.549 e. The van der Waals surface area contributed by atoms with E-state index in [-0.39, 0.29) is 93.8 Å². The van der Waals surface area contributed by atoms with Gasteiger partial charge in [-0.1, -0.05) is 90.9 Å². The molecule has 4 nitrogen and oxygen atoms in total. The molecule has 0 rings (SSSR count). The fourth-order valence-electron chi connectivity index (χ4n) is 3.03. The van der Waals surface area contributed by atoms with Gasteiger partial charge in [0.25, 0.3) is 0 Å². The Morgan fingerprint density at radius 1 is 0.640 bits per heavy atom.